The van der Waals surface area contributed by atoms with Gasteiger partial charge in [-0.3, -0.25) is 4.79 Å². The van der Waals surface area contributed by atoms with Gasteiger partial charge >= 0.3 is 5.97 Å². The summed E-state index contributed by atoms with van der Waals surface area (Å²) in [6.45, 7) is 6.86. The molecule has 0 spiro atoms. The Morgan fingerprint density at radius 3 is 2.63 bits per heavy atom. The topological polar surface area (TPSA) is 91.6 Å². The van der Waals surface area contributed by atoms with Crippen LogP contribution >= 0.6 is 0 Å². The van der Waals surface area contributed by atoms with Crippen LogP contribution in [0.1, 0.15) is 67.9 Å². The fraction of sp³-hybridized carbons (Fsp3) is 0.517. The summed E-state index contributed by atoms with van der Waals surface area (Å²) in [5.74, 6) is 0.167. The van der Waals surface area contributed by atoms with Crippen molar-refractivity contribution >= 4 is 5.97 Å². The molecule has 0 radical (unpaired) electrons. The molecule has 0 saturated heterocycles. The van der Waals surface area contributed by atoms with Gasteiger partial charge in [-0.05, 0) is 93.7 Å². The molecule has 1 atom stereocenters. The Hall–Kier alpha value is -2.88. The first-order valence-electron chi connectivity index (χ1n) is 12.6. The van der Waals surface area contributed by atoms with Crippen molar-refractivity contribution in [3.05, 3.63) is 64.2 Å². The molecule has 0 fully saturated rings. The van der Waals surface area contributed by atoms with E-state index in [1.807, 2.05) is 6.07 Å². The zero-order valence-corrected chi connectivity index (χ0v) is 21.2. The quantitative estimate of drug-likeness (QED) is 0.443. The number of nitrogens with zero attached hydrogens (tertiary/aromatic N) is 1. The van der Waals surface area contributed by atoms with E-state index in [1.54, 1.807) is 19.1 Å². The van der Waals surface area contributed by atoms with Crippen LogP contribution in [0, 0.1) is 11.3 Å². The van der Waals surface area contributed by atoms with E-state index in [2.05, 4.69) is 43.4 Å². The van der Waals surface area contributed by atoms with Crippen LogP contribution in [0.4, 0.5) is 0 Å². The summed E-state index contributed by atoms with van der Waals surface area (Å²) in [7, 11) is 0. The van der Waals surface area contributed by atoms with Crippen molar-refractivity contribution in [1.29, 1.82) is 5.26 Å². The number of nitriles is 1. The number of β-amino-alcohol motifs (C(OH)–C–C–N with tert-alkyl or cyclic N) is 1. The van der Waals surface area contributed by atoms with Gasteiger partial charge in [-0.1, -0.05) is 24.3 Å². The summed E-state index contributed by atoms with van der Waals surface area (Å²) in [6.07, 6.45) is 5.82. The van der Waals surface area contributed by atoms with Crippen molar-refractivity contribution in [2.45, 2.75) is 77.4 Å². The zero-order chi connectivity index (χ0) is 25.3. The van der Waals surface area contributed by atoms with E-state index in [9.17, 15) is 15.2 Å². The number of ether oxygens (including phenoxy) is 2. The second-order valence-electron chi connectivity index (χ2n) is 9.96. The molecule has 3 rings (SSSR count). The fourth-order valence-electron chi connectivity index (χ4n) is 4.52. The summed E-state index contributed by atoms with van der Waals surface area (Å²) in [6, 6.07) is 14.2. The largest absolute Gasteiger partial charge is 0.489 e. The van der Waals surface area contributed by atoms with Gasteiger partial charge in [0.2, 0.25) is 0 Å². The molecule has 0 amide bonds. The highest BCUT2D eigenvalue weighted by atomic mass is 16.5. The number of esters is 1. The standard InChI is InChI=1S/C29H38N2O4/c1-4-34-28(33)14-11-21-9-13-25(18-30)27(16-21)35-20-26(32)19-31-29(2,3)17-22-10-12-23-7-5-6-8-24(23)15-22/h9-10,12-13,15-16,26,31-32H,4-8,11,14,17,19-20H2,1-3H3/t26-/m0/s1. The monoisotopic (exact) mass is 478 g/mol. The number of aliphatic hydroxyl groups excluding tert-OH is 1. The number of aryl methyl sites for hydroxylation is 3. The molecular formula is C29H38N2O4. The lowest BCUT2D eigenvalue weighted by Crippen LogP contribution is -2.46. The molecule has 2 aromatic rings. The fourth-order valence-corrected chi connectivity index (χ4v) is 4.52. The van der Waals surface area contributed by atoms with Gasteiger partial charge in [0.1, 0.15) is 24.5 Å². The molecule has 0 aliphatic heterocycles. The third kappa shape index (κ3) is 8.38. The normalized spacial score (nSPS) is 14.0. The van der Waals surface area contributed by atoms with Crippen molar-refractivity contribution < 1.29 is 19.4 Å². The van der Waals surface area contributed by atoms with Crippen molar-refractivity contribution in [1.82, 2.24) is 5.32 Å². The first kappa shape index (κ1) is 26.7. The van der Waals surface area contributed by atoms with Gasteiger partial charge in [0.05, 0.1) is 12.2 Å². The lowest BCUT2D eigenvalue weighted by molar-refractivity contribution is -0.143. The molecule has 1 aliphatic rings. The molecule has 188 valence electrons. The molecule has 6 heteroatoms. The molecule has 2 aromatic carbocycles. The van der Waals surface area contributed by atoms with Crippen molar-refractivity contribution in [2.24, 2.45) is 0 Å². The highest BCUT2D eigenvalue weighted by Gasteiger charge is 2.21. The number of aliphatic hydroxyl groups is 1. The Labute approximate surface area is 209 Å². The Morgan fingerprint density at radius 1 is 1.14 bits per heavy atom. The first-order chi connectivity index (χ1) is 16.8. The number of carbonyl (C=O) groups is 1. The molecule has 35 heavy (non-hydrogen) atoms. The molecule has 0 aromatic heterocycles. The summed E-state index contributed by atoms with van der Waals surface area (Å²) >= 11 is 0. The number of nitrogens with one attached hydrogen (secondary N) is 1. The van der Waals surface area contributed by atoms with Crippen LogP contribution in [0.5, 0.6) is 5.75 Å². The summed E-state index contributed by atoms with van der Waals surface area (Å²) in [5, 5.41) is 23.4. The van der Waals surface area contributed by atoms with Crippen LogP contribution in [0.3, 0.4) is 0 Å². The number of carbonyl (C=O) groups excluding carboxylic acids is 1. The smallest absolute Gasteiger partial charge is 0.306 e. The average molecular weight is 479 g/mol. The third-order valence-electron chi connectivity index (χ3n) is 6.40. The predicted octanol–water partition coefficient (Wildman–Crippen LogP) is 4.28. The van der Waals surface area contributed by atoms with E-state index in [1.165, 1.54) is 42.4 Å². The maximum Gasteiger partial charge on any atom is 0.306 e. The molecule has 1 aliphatic carbocycles. The van der Waals surface area contributed by atoms with Crippen LogP contribution in [0.25, 0.3) is 0 Å². The van der Waals surface area contributed by atoms with Crippen LogP contribution in [-0.4, -0.2) is 42.5 Å². The van der Waals surface area contributed by atoms with Gasteiger partial charge in [-0.15, -0.1) is 0 Å². The van der Waals surface area contributed by atoms with E-state index in [-0.39, 0.29) is 24.5 Å². The van der Waals surface area contributed by atoms with Crippen LogP contribution in [-0.2, 0) is 35.2 Å². The summed E-state index contributed by atoms with van der Waals surface area (Å²) < 4.78 is 10.8. The van der Waals surface area contributed by atoms with Crippen molar-refractivity contribution in [2.75, 3.05) is 19.8 Å². The van der Waals surface area contributed by atoms with Crippen LogP contribution in [0.15, 0.2) is 36.4 Å². The zero-order valence-electron chi connectivity index (χ0n) is 21.2. The minimum Gasteiger partial charge on any atom is -0.489 e. The van der Waals surface area contributed by atoms with E-state index >= 15 is 0 Å². The van der Waals surface area contributed by atoms with E-state index in [0.717, 1.165) is 12.0 Å². The third-order valence-corrected chi connectivity index (χ3v) is 6.40. The first-order valence-corrected chi connectivity index (χ1v) is 12.6. The Bertz CT molecular complexity index is 1040. The van der Waals surface area contributed by atoms with E-state index in [4.69, 9.17) is 9.47 Å². The molecule has 0 saturated carbocycles. The molecular weight excluding hydrogens is 440 g/mol. The number of hydrogen-bond donors (Lipinski definition) is 2. The summed E-state index contributed by atoms with van der Waals surface area (Å²) in [4.78, 5) is 11.6. The highest BCUT2D eigenvalue weighted by Crippen LogP contribution is 2.24. The second kappa shape index (κ2) is 12.7. The van der Waals surface area contributed by atoms with Gasteiger partial charge in [-0.2, -0.15) is 5.26 Å². The number of benzene rings is 2. The van der Waals surface area contributed by atoms with E-state index in [0.29, 0.717) is 30.9 Å². The Morgan fingerprint density at radius 2 is 1.89 bits per heavy atom. The van der Waals surface area contributed by atoms with Gasteiger partial charge < -0.3 is 19.9 Å². The molecule has 6 nitrogen and oxygen atoms in total. The van der Waals surface area contributed by atoms with Gasteiger partial charge in [0, 0.05) is 18.5 Å². The maximum atomic E-state index is 11.6. The predicted molar refractivity (Wildman–Crippen MR) is 136 cm³/mol. The van der Waals surface area contributed by atoms with Crippen LogP contribution < -0.4 is 10.1 Å². The summed E-state index contributed by atoms with van der Waals surface area (Å²) in [5.41, 5.74) is 5.38. The number of fused-ring (bicyclic) bond motifs is 1. The molecule has 0 unspecified atom stereocenters. The molecule has 2 N–H and O–H groups in total. The SMILES string of the molecule is CCOC(=O)CCc1ccc(C#N)c(OC[C@@H](O)CNC(C)(C)Cc2ccc3c(c2)CCCC3)c1. The number of rotatable bonds is 12. The average Bonchev–Trinajstić information content (AvgIpc) is 2.85. The number of hydrogen-bond acceptors (Lipinski definition) is 6. The van der Waals surface area contributed by atoms with Crippen molar-refractivity contribution in [3.8, 4) is 11.8 Å². The lowest BCUT2D eigenvalue weighted by Gasteiger charge is -2.29. The van der Waals surface area contributed by atoms with Gasteiger partial charge in [0.15, 0.2) is 0 Å². The highest BCUT2D eigenvalue weighted by molar-refractivity contribution is 5.69. The second-order valence-corrected chi connectivity index (χ2v) is 9.96. The minimum absolute atomic E-state index is 0.0674. The minimum atomic E-state index is -0.729. The Balaban J connectivity index is 1.50. The molecule has 0 heterocycles. The van der Waals surface area contributed by atoms with Gasteiger partial charge in [0.25, 0.3) is 0 Å². The Kier molecular flexibility index (Phi) is 9.71. The van der Waals surface area contributed by atoms with Crippen molar-refractivity contribution in [3.63, 3.8) is 0 Å². The van der Waals surface area contributed by atoms with Gasteiger partial charge in [-0.25, -0.2) is 0 Å². The lowest BCUT2D eigenvalue weighted by atomic mass is 9.87. The van der Waals surface area contributed by atoms with Crippen LogP contribution in [0.2, 0.25) is 0 Å². The maximum absolute atomic E-state index is 11.6. The van der Waals surface area contributed by atoms with E-state index < -0.39 is 6.10 Å². The molecule has 0 bridgehead atoms.